The summed E-state index contributed by atoms with van der Waals surface area (Å²) in [6.07, 6.45) is 10.7. The third kappa shape index (κ3) is 3.26. The van der Waals surface area contributed by atoms with Crippen LogP contribution in [-0.2, 0) is 4.79 Å². The molecule has 1 aliphatic carbocycles. The summed E-state index contributed by atoms with van der Waals surface area (Å²) >= 11 is 0. The number of hydrogen-bond acceptors (Lipinski definition) is 3. The van der Waals surface area contributed by atoms with Gasteiger partial charge in [-0.15, -0.1) is 0 Å². The Bertz CT molecular complexity index is 382. The van der Waals surface area contributed by atoms with Gasteiger partial charge in [-0.3, -0.25) is 9.69 Å². The van der Waals surface area contributed by atoms with Crippen molar-refractivity contribution in [2.75, 3.05) is 26.2 Å². The van der Waals surface area contributed by atoms with Crippen molar-refractivity contribution in [3.8, 4) is 0 Å². The van der Waals surface area contributed by atoms with E-state index in [2.05, 4.69) is 24.1 Å². The number of carbonyl (C=O) groups excluding carboxylic acids is 1. The molecule has 126 valence electrons. The van der Waals surface area contributed by atoms with Gasteiger partial charge in [0.25, 0.3) is 0 Å². The molecule has 2 heterocycles. The van der Waals surface area contributed by atoms with Crippen molar-refractivity contribution in [3.05, 3.63) is 0 Å². The highest BCUT2D eigenvalue weighted by atomic mass is 16.1. The zero-order valence-electron chi connectivity index (χ0n) is 14.6. The lowest BCUT2D eigenvalue weighted by Crippen LogP contribution is -2.60. The molecule has 0 spiro atoms. The Kier molecular flexibility index (Phi) is 4.94. The quantitative estimate of drug-likeness (QED) is 0.867. The molecule has 0 bridgehead atoms. The monoisotopic (exact) mass is 306 g/mol. The zero-order chi connectivity index (χ0) is 15.6. The van der Waals surface area contributed by atoms with Crippen molar-refractivity contribution in [2.45, 2.75) is 77.2 Å². The summed E-state index contributed by atoms with van der Waals surface area (Å²) in [6.45, 7) is 9.07. The number of hydrogen-bond donors (Lipinski definition) is 1. The van der Waals surface area contributed by atoms with Gasteiger partial charge in [0.15, 0.2) is 5.78 Å². The second-order valence-corrected chi connectivity index (χ2v) is 8.63. The lowest BCUT2D eigenvalue weighted by molar-refractivity contribution is -0.141. The average Bonchev–Trinajstić information content (AvgIpc) is 2.55. The van der Waals surface area contributed by atoms with Gasteiger partial charge in [-0.25, -0.2) is 0 Å². The van der Waals surface area contributed by atoms with E-state index in [0.29, 0.717) is 17.1 Å². The molecule has 3 rings (SSSR count). The molecule has 2 saturated heterocycles. The summed E-state index contributed by atoms with van der Waals surface area (Å²) in [5.74, 6) is 0.919. The summed E-state index contributed by atoms with van der Waals surface area (Å²) < 4.78 is 0. The van der Waals surface area contributed by atoms with Crippen LogP contribution >= 0.6 is 0 Å². The molecular weight excluding hydrogens is 272 g/mol. The van der Waals surface area contributed by atoms with E-state index in [9.17, 15) is 4.79 Å². The maximum absolute atomic E-state index is 13.5. The third-order valence-electron chi connectivity index (χ3n) is 6.57. The van der Waals surface area contributed by atoms with E-state index in [0.717, 1.165) is 51.9 Å². The van der Waals surface area contributed by atoms with E-state index in [4.69, 9.17) is 0 Å². The molecule has 0 radical (unpaired) electrons. The number of nitrogens with one attached hydrogen (secondary N) is 1. The summed E-state index contributed by atoms with van der Waals surface area (Å²) in [4.78, 5) is 16.1. The predicted octanol–water partition coefficient (Wildman–Crippen LogP) is 3.38. The number of Topliss-reactive ketones (excluding diaryl/α,β-unsaturated/α-hetero) is 1. The van der Waals surface area contributed by atoms with Gasteiger partial charge in [-0.2, -0.15) is 0 Å². The normalized spacial score (nSPS) is 30.1. The zero-order valence-corrected chi connectivity index (χ0v) is 14.6. The van der Waals surface area contributed by atoms with E-state index in [1.54, 1.807) is 0 Å². The predicted molar refractivity (Wildman–Crippen MR) is 91.0 cm³/mol. The Morgan fingerprint density at radius 1 is 0.955 bits per heavy atom. The molecule has 0 atom stereocenters. The Morgan fingerprint density at radius 3 is 2.14 bits per heavy atom. The number of rotatable bonds is 3. The lowest BCUT2D eigenvalue weighted by atomic mass is 9.70. The highest BCUT2D eigenvalue weighted by molar-refractivity contribution is 5.90. The lowest BCUT2D eigenvalue weighted by Gasteiger charge is -2.51. The first kappa shape index (κ1) is 16.4. The maximum atomic E-state index is 13.5. The summed E-state index contributed by atoms with van der Waals surface area (Å²) in [5.41, 5.74) is 0.362. The first-order valence-corrected chi connectivity index (χ1v) is 9.54. The number of piperidine rings is 2. The highest BCUT2D eigenvalue weighted by Gasteiger charge is 2.48. The smallest absolute Gasteiger partial charge is 0.156 e. The number of carbonyl (C=O) groups is 1. The summed E-state index contributed by atoms with van der Waals surface area (Å²) in [7, 11) is 0. The molecule has 3 heteroatoms. The Labute approximate surface area is 136 Å². The average molecular weight is 306 g/mol. The van der Waals surface area contributed by atoms with Crippen LogP contribution in [0.3, 0.4) is 0 Å². The third-order valence-corrected chi connectivity index (χ3v) is 6.57. The van der Waals surface area contributed by atoms with Gasteiger partial charge in [0.2, 0.25) is 0 Å². The Morgan fingerprint density at radius 2 is 1.55 bits per heavy atom. The molecule has 1 N–H and O–H groups in total. The topological polar surface area (TPSA) is 32.3 Å². The molecule has 1 saturated carbocycles. The summed E-state index contributed by atoms with van der Waals surface area (Å²) in [5, 5.41) is 3.41. The highest BCUT2D eigenvalue weighted by Crippen LogP contribution is 2.42. The van der Waals surface area contributed by atoms with Crippen molar-refractivity contribution in [3.63, 3.8) is 0 Å². The number of nitrogens with zero attached hydrogens (tertiary/aromatic N) is 1. The molecule has 3 fully saturated rings. The first-order valence-electron chi connectivity index (χ1n) is 9.54. The van der Waals surface area contributed by atoms with Crippen LogP contribution in [-0.4, -0.2) is 42.4 Å². The van der Waals surface area contributed by atoms with E-state index in [-0.39, 0.29) is 5.54 Å². The first-order chi connectivity index (χ1) is 10.5. The van der Waals surface area contributed by atoms with Gasteiger partial charge in [0.1, 0.15) is 0 Å². The standard InChI is InChI=1S/C19H34N2O/c1-18(2)10-14-21(15-11-18)19(8-4-3-5-9-19)17(22)16-6-12-20-13-7-16/h16,20H,3-15H2,1-2H3. The molecule has 0 aromatic rings. The summed E-state index contributed by atoms with van der Waals surface area (Å²) in [6, 6.07) is 0. The van der Waals surface area contributed by atoms with Gasteiger partial charge in [-0.1, -0.05) is 33.1 Å². The van der Waals surface area contributed by atoms with Crippen LogP contribution < -0.4 is 5.32 Å². The van der Waals surface area contributed by atoms with E-state index < -0.39 is 0 Å². The van der Waals surface area contributed by atoms with E-state index in [1.165, 1.54) is 32.1 Å². The van der Waals surface area contributed by atoms with Crippen molar-refractivity contribution < 1.29 is 4.79 Å². The number of ketones is 1. The fourth-order valence-electron chi connectivity index (χ4n) is 4.86. The molecule has 2 aliphatic heterocycles. The SMILES string of the molecule is CC1(C)CCN(C2(C(=O)C3CCNCC3)CCCCC2)CC1. The molecular formula is C19H34N2O. The molecule has 3 nitrogen and oxygen atoms in total. The molecule has 22 heavy (non-hydrogen) atoms. The molecule has 0 unspecified atom stereocenters. The fraction of sp³-hybridized carbons (Fsp3) is 0.947. The number of likely N-dealkylation sites (tertiary alicyclic amines) is 1. The van der Waals surface area contributed by atoms with Crippen LogP contribution in [0, 0.1) is 11.3 Å². The van der Waals surface area contributed by atoms with Crippen molar-refractivity contribution in [2.24, 2.45) is 11.3 Å². The van der Waals surface area contributed by atoms with Crippen LogP contribution in [0.5, 0.6) is 0 Å². The van der Waals surface area contributed by atoms with Gasteiger partial charge in [0.05, 0.1) is 5.54 Å². The minimum atomic E-state index is -0.100. The van der Waals surface area contributed by atoms with Crippen molar-refractivity contribution in [1.29, 1.82) is 0 Å². The largest absolute Gasteiger partial charge is 0.317 e. The second kappa shape index (κ2) is 6.60. The van der Waals surface area contributed by atoms with Crippen LogP contribution in [0.4, 0.5) is 0 Å². The maximum Gasteiger partial charge on any atom is 0.156 e. The minimum absolute atomic E-state index is 0.100. The van der Waals surface area contributed by atoms with E-state index >= 15 is 0 Å². The van der Waals surface area contributed by atoms with Crippen LogP contribution in [0.25, 0.3) is 0 Å². The van der Waals surface area contributed by atoms with Crippen molar-refractivity contribution in [1.82, 2.24) is 10.2 Å². The second-order valence-electron chi connectivity index (χ2n) is 8.63. The van der Waals surface area contributed by atoms with Crippen molar-refractivity contribution >= 4 is 5.78 Å². The van der Waals surface area contributed by atoms with E-state index in [1.807, 2.05) is 0 Å². The Hall–Kier alpha value is -0.410. The molecule has 3 aliphatic rings. The van der Waals surface area contributed by atoms with Crippen LogP contribution in [0.15, 0.2) is 0 Å². The Balaban J connectivity index is 1.77. The van der Waals surface area contributed by atoms with Gasteiger partial charge in [0, 0.05) is 5.92 Å². The fourth-order valence-corrected chi connectivity index (χ4v) is 4.86. The molecule has 0 aromatic carbocycles. The minimum Gasteiger partial charge on any atom is -0.317 e. The van der Waals surface area contributed by atoms with Crippen LogP contribution in [0.2, 0.25) is 0 Å². The van der Waals surface area contributed by atoms with Gasteiger partial charge < -0.3 is 5.32 Å². The van der Waals surface area contributed by atoms with Crippen LogP contribution in [0.1, 0.15) is 71.6 Å². The van der Waals surface area contributed by atoms with Gasteiger partial charge in [-0.05, 0) is 70.1 Å². The molecule has 0 aromatic heterocycles. The molecule has 0 amide bonds. The van der Waals surface area contributed by atoms with Gasteiger partial charge >= 0.3 is 0 Å².